The Kier molecular flexibility index (Phi) is 3.87. The summed E-state index contributed by atoms with van der Waals surface area (Å²) in [5.74, 6) is 0. The summed E-state index contributed by atoms with van der Waals surface area (Å²) in [4.78, 5) is 25.8. The van der Waals surface area contributed by atoms with Gasteiger partial charge in [0.1, 0.15) is 0 Å². The molecule has 0 fully saturated rings. The van der Waals surface area contributed by atoms with Gasteiger partial charge in [0, 0.05) is 11.6 Å². The number of halogens is 1. The molecule has 0 spiro atoms. The minimum absolute atomic E-state index is 0.363. The van der Waals surface area contributed by atoms with Gasteiger partial charge in [-0.1, -0.05) is 31.4 Å². The van der Waals surface area contributed by atoms with E-state index < -0.39 is 0 Å². The standard InChI is InChI=1S/C13H15ClN2O2/c1-2-3-4-7-16-11-8-9(14)5-6-10(11)12(17)15-13(16)18/h5-6,8H,2-4,7H2,1H3,(H,15,17,18). The van der Waals surface area contributed by atoms with E-state index in [2.05, 4.69) is 11.9 Å². The Morgan fingerprint density at radius 3 is 2.78 bits per heavy atom. The molecule has 1 aromatic heterocycles. The number of hydrogen-bond acceptors (Lipinski definition) is 2. The highest BCUT2D eigenvalue weighted by molar-refractivity contribution is 6.31. The van der Waals surface area contributed by atoms with Crippen LogP contribution in [-0.4, -0.2) is 9.55 Å². The number of aryl methyl sites for hydroxylation is 1. The largest absolute Gasteiger partial charge is 0.328 e. The summed E-state index contributed by atoms with van der Waals surface area (Å²) in [6.07, 6.45) is 3.04. The second-order valence-electron chi connectivity index (χ2n) is 4.28. The molecule has 0 aliphatic heterocycles. The summed E-state index contributed by atoms with van der Waals surface area (Å²) < 4.78 is 1.58. The van der Waals surface area contributed by atoms with E-state index in [9.17, 15) is 9.59 Å². The van der Waals surface area contributed by atoms with Crippen molar-refractivity contribution in [2.45, 2.75) is 32.7 Å². The average Bonchev–Trinajstić information content (AvgIpc) is 2.33. The monoisotopic (exact) mass is 266 g/mol. The van der Waals surface area contributed by atoms with Crippen molar-refractivity contribution in [3.63, 3.8) is 0 Å². The molecule has 0 radical (unpaired) electrons. The molecule has 0 amide bonds. The van der Waals surface area contributed by atoms with Crippen LogP contribution in [0.2, 0.25) is 5.02 Å². The Bertz CT molecular complexity index is 673. The molecular weight excluding hydrogens is 252 g/mol. The van der Waals surface area contributed by atoms with Gasteiger partial charge in [-0.3, -0.25) is 14.3 Å². The average molecular weight is 267 g/mol. The zero-order valence-electron chi connectivity index (χ0n) is 10.2. The molecule has 1 heterocycles. The van der Waals surface area contributed by atoms with Crippen LogP contribution in [0.3, 0.4) is 0 Å². The summed E-state index contributed by atoms with van der Waals surface area (Å²) in [6, 6.07) is 4.96. The maximum atomic E-state index is 11.8. The van der Waals surface area contributed by atoms with E-state index >= 15 is 0 Å². The number of nitrogens with one attached hydrogen (secondary N) is 1. The van der Waals surface area contributed by atoms with Gasteiger partial charge in [-0.25, -0.2) is 4.79 Å². The molecule has 18 heavy (non-hydrogen) atoms. The van der Waals surface area contributed by atoms with Gasteiger partial charge in [-0.2, -0.15) is 0 Å². The van der Waals surface area contributed by atoms with E-state index in [0.29, 0.717) is 22.5 Å². The lowest BCUT2D eigenvalue weighted by molar-refractivity contribution is 0.591. The Balaban J connectivity index is 2.59. The Labute approximate surface area is 109 Å². The van der Waals surface area contributed by atoms with Crippen molar-refractivity contribution in [1.29, 1.82) is 0 Å². The van der Waals surface area contributed by atoms with Gasteiger partial charge in [-0.15, -0.1) is 0 Å². The number of aromatic amines is 1. The molecule has 4 nitrogen and oxygen atoms in total. The highest BCUT2D eigenvalue weighted by Crippen LogP contribution is 2.15. The fraction of sp³-hybridized carbons (Fsp3) is 0.385. The minimum Gasteiger partial charge on any atom is -0.293 e. The van der Waals surface area contributed by atoms with Gasteiger partial charge in [-0.05, 0) is 24.6 Å². The lowest BCUT2D eigenvalue weighted by Gasteiger charge is -2.09. The molecule has 0 saturated heterocycles. The first kappa shape index (κ1) is 12.9. The third kappa shape index (κ3) is 2.48. The Hall–Kier alpha value is -1.55. The number of rotatable bonds is 4. The van der Waals surface area contributed by atoms with Gasteiger partial charge >= 0.3 is 5.69 Å². The second kappa shape index (κ2) is 5.40. The van der Waals surface area contributed by atoms with Gasteiger partial charge in [0.25, 0.3) is 5.56 Å². The number of H-pyrrole nitrogens is 1. The van der Waals surface area contributed by atoms with Gasteiger partial charge in [0.05, 0.1) is 10.9 Å². The van der Waals surface area contributed by atoms with Crippen LogP contribution in [0.4, 0.5) is 0 Å². The number of hydrogen-bond donors (Lipinski definition) is 1. The topological polar surface area (TPSA) is 54.9 Å². The summed E-state index contributed by atoms with van der Waals surface area (Å²) >= 11 is 5.93. The van der Waals surface area contributed by atoms with Crippen LogP contribution >= 0.6 is 11.6 Å². The van der Waals surface area contributed by atoms with E-state index in [-0.39, 0.29) is 11.2 Å². The molecule has 2 rings (SSSR count). The van der Waals surface area contributed by atoms with Crippen LogP contribution in [0.1, 0.15) is 26.2 Å². The highest BCUT2D eigenvalue weighted by atomic mass is 35.5. The summed E-state index contributed by atoms with van der Waals surface area (Å²) in [7, 11) is 0. The Morgan fingerprint density at radius 1 is 1.28 bits per heavy atom. The molecule has 0 bridgehead atoms. The first-order valence-corrected chi connectivity index (χ1v) is 6.43. The summed E-state index contributed by atoms with van der Waals surface area (Å²) in [6.45, 7) is 2.70. The molecule has 0 aliphatic carbocycles. The number of aromatic nitrogens is 2. The smallest absolute Gasteiger partial charge is 0.293 e. The third-order valence-electron chi connectivity index (χ3n) is 2.95. The van der Waals surface area contributed by atoms with Crippen LogP contribution in [0.15, 0.2) is 27.8 Å². The molecule has 1 N–H and O–H groups in total. The summed E-state index contributed by atoms with van der Waals surface area (Å²) in [5.41, 5.74) is -0.128. The second-order valence-corrected chi connectivity index (χ2v) is 4.72. The summed E-state index contributed by atoms with van der Waals surface area (Å²) in [5, 5.41) is 1.02. The van der Waals surface area contributed by atoms with Crippen LogP contribution in [0, 0.1) is 0 Å². The highest BCUT2D eigenvalue weighted by Gasteiger charge is 2.07. The number of nitrogens with zero attached hydrogens (tertiary/aromatic N) is 1. The van der Waals surface area contributed by atoms with E-state index in [1.165, 1.54) is 0 Å². The van der Waals surface area contributed by atoms with Crippen LogP contribution in [0.5, 0.6) is 0 Å². The fourth-order valence-corrected chi connectivity index (χ4v) is 2.17. The molecule has 0 atom stereocenters. The van der Waals surface area contributed by atoms with Gasteiger partial charge in [0.15, 0.2) is 0 Å². The first-order chi connectivity index (χ1) is 8.63. The molecule has 0 saturated carbocycles. The van der Waals surface area contributed by atoms with Gasteiger partial charge in [0.2, 0.25) is 0 Å². The van der Waals surface area contributed by atoms with Crippen molar-refractivity contribution in [2.75, 3.05) is 0 Å². The zero-order valence-corrected chi connectivity index (χ0v) is 11.0. The molecular formula is C13H15ClN2O2. The Morgan fingerprint density at radius 2 is 2.06 bits per heavy atom. The van der Waals surface area contributed by atoms with Crippen LogP contribution in [0.25, 0.3) is 10.9 Å². The maximum Gasteiger partial charge on any atom is 0.328 e. The predicted molar refractivity (Wildman–Crippen MR) is 73.4 cm³/mol. The SMILES string of the molecule is CCCCCn1c(=O)[nH]c(=O)c2ccc(Cl)cc21. The maximum absolute atomic E-state index is 11.8. The van der Waals surface area contributed by atoms with Crippen LogP contribution < -0.4 is 11.2 Å². The van der Waals surface area contributed by atoms with Crippen molar-refractivity contribution in [3.05, 3.63) is 44.1 Å². The third-order valence-corrected chi connectivity index (χ3v) is 3.18. The molecule has 96 valence electrons. The lowest BCUT2D eigenvalue weighted by Crippen LogP contribution is -2.30. The van der Waals surface area contributed by atoms with E-state index in [1.807, 2.05) is 0 Å². The van der Waals surface area contributed by atoms with E-state index in [4.69, 9.17) is 11.6 Å². The first-order valence-electron chi connectivity index (χ1n) is 6.06. The van der Waals surface area contributed by atoms with Crippen molar-refractivity contribution in [3.8, 4) is 0 Å². The zero-order chi connectivity index (χ0) is 13.1. The minimum atomic E-state index is -0.370. The van der Waals surface area contributed by atoms with Gasteiger partial charge < -0.3 is 0 Å². The molecule has 1 aromatic carbocycles. The molecule has 5 heteroatoms. The lowest BCUT2D eigenvalue weighted by atomic mass is 10.2. The van der Waals surface area contributed by atoms with Crippen molar-refractivity contribution in [2.24, 2.45) is 0 Å². The quantitative estimate of drug-likeness (QED) is 0.865. The molecule has 2 aromatic rings. The normalized spacial score (nSPS) is 11.0. The fourth-order valence-electron chi connectivity index (χ4n) is 2.00. The van der Waals surface area contributed by atoms with Crippen molar-refractivity contribution in [1.82, 2.24) is 9.55 Å². The molecule has 0 unspecified atom stereocenters. The number of unbranched alkanes of at least 4 members (excludes halogenated alkanes) is 2. The number of fused-ring (bicyclic) bond motifs is 1. The molecule has 0 aliphatic rings. The predicted octanol–water partition coefficient (Wildman–Crippen LogP) is 2.53. The van der Waals surface area contributed by atoms with Crippen molar-refractivity contribution < 1.29 is 0 Å². The van der Waals surface area contributed by atoms with Crippen LogP contribution in [-0.2, 0) is 6.54 Å². The number of benzene rings is 1. The van der Waals surface area contributed by atoms with Crippen molar-refractivity contribution >= 4 is 22.5 Å². The van der Waals surface area contributed by atoms with E-state index in [0.717, 1.165) is 19.3 Å². The van der Waals surface area contributed by atoms with E-state index in [1.54, 1.807) is 22.8 Å².